The number of hydrogen-bond acceptors (Lipinski definition) is 0. The zero-order chi connectivity index (χ0) is 20.0. The van der Waals surface area contributed by atoms with Gasteiger partial charge in [-0.1, -0.05) is 138 Å². The van der Waals surface area contributed by atoms with E-state index in [0.29, 0.717) is 0 Å². The Morgan fingerprint density at radius 3 is 1.39 bits per heavy atom. The lowest BCUT2D eigenvalue weighted by molar-refractivity contribution is 0.786. The van der Waals surface area contributed by atoms with E-state index in [-0.39, 0.29) is 0 Å². The summed E-state index contributed by atoms with van der Waals surface area (Å²) in [5.41, 5.74) is 1.74. The molecule has 2 atom stereocenters. The topological polar surface area (TPSA) is 0 Å². The average Bonchev–Trinajstić information content (AvgIpc) is 3.40. The normalized spacial score (nSPS) is 26.1. The number of fused-ring (bicyclic) bond motifs is 2. The molecule has 1 fully saturated rings. The average molecular weight is 413 g/mol. The van der Waals surface area contributed by atoms with Gasteiger partial charge in [-0.05, 0) is 23.2 Å². The molecule has 2 unspecified atom stereocenters. The summed E-state index contributed by atoms with van der Waals surface area (Å²) in [7, 11) is -2.95. The van der Waals surface area contributed by atoms with E-state index in [9.17, 15) is 0 Å². The van der Waals surface area contributed by atoms with Gasteiger partial charge >= 0.3 is 0 Å². The molecular weight excluding hydrogens is 368 g/mol. The minimum absolute atomic E-state index is 0.871. The number of allylic oxidation sites excluding steroid dienone is 8. The minimum atomic E-state index is -1.52. The largest absolute Gasteiger partial charge is 0.109 e. The Morgan fingerprint density at radius 2 is 1.00 bits per heavy atom. The molecule has 0 aromatic heterocycles. The van der Waals surface area contributed by atoms with Crippen LogP contribution in [0.2, 0.25) is 35.3 Å². The molecule has 0 spiro atoms. The predicted octanol–water partition coefficient (Wildman–Crippen LogP) is 8.91. The van der Waals surface area contributed by atoms with Crippen LogP contribution in [0.15, 0.2) is 46.8 Å². The van der Waals surface area contributed by atoms with Crippen LogP contribution in [0.4, 0.5) is 0 Å². The molecule has 1 heterocycles. The molecule has 0 nitrogen and oxygen atoms in total. The van der Waals surface area contributed by atoms with Crippen LogP contribution in [0.1, 0.15) is 79.1 Å². The van der Waals surface area contributed by atoms with E-state index in [1.807, 2.05) is 10.4 Å². The summed E-state index contributed by atoms with van der Waals surface area (Å²) in [6.07, 6.45) is 26.9. The summed E-state index contributed by atoms with van der Waals surface area (Å²) in [6.45, 7) is 9.58. The van der Waals surface area contributed by atoms with Crippen molar-refractivity contribution in [2.45, 2.75) is 114 Å². The molecule has 0 radical (unpaired) electrons. The fourth-order valence-corrected chi connectivity index (χ4v) is 22.2. The van der Waals surface area contributed by atoms with Crippen LogP contribution in [0.3, 0.4) is 0 Å². The van der Waals surface area contributed by atoms with Crippen molar-refractivity contribution >= 4 is 16.1 Å². The van der Waals surface area contributed by atoms with Gasteiger partial charge in [-0.25, -0.2) is 0 Å². The van der Waals surface area contributed by atoms with Gasteiger partial charge in [0.05, 0.1) is 8.07 Å². The van der Waals surface area contributed by atoms with Crippen LogP contribution in [0.5, 0.6) is 0 Å². The second kappa shape index (κ2) is 9.93. The highest BCUT2D eigenvalue weighted by Gasteiger charge is 2.60. The van der Waals surface area contributed by atoms with Gasteiger partial charge < -0.3 is 0 Å². The molecule has 3 aliphatic rings. The van der Waals surface area contributed by atoms with Crippen molar-refractivity contribution in [3.63, 3.8) is 0 Å². The van der Waals surface area contributed by atoms with Gasteiger partial charge in [0.1, 0.15) is 8.07 Å². The Bertz CT molecular complexity index is 581. The molecule has 0 saturated carbocycles. The zero-order valence-corrected chi connectivity index (χ0v) is 21.1. The van der Waals surface area contributed by atoms with Crippen LogP contribution in [0, 0.1) is 0 Å². The first kappa shape index (κ1) is 22.1. The highest BCUT2D eigenvalue weighted by atomic mass is 28.3. The van der Waals surface area contributed by atoms with E-state index in [2.05, 4.69) is 64.2 Å². The van der Waals surface area contributed by atoms with Gasteiger partial charge in [0.25, 0.3) is 0 Å². The van der Waals surface area contributed by atoms with Gasteiger partial charge in [0, 0.05) is 0 Å². The third-order valence-electron chi connectivity index (χ3n) is 8.08. The highest BCUT2D eigenvalue weighted by molar-refractivity contribution is 7.02. The van der Waals surface area contributed by atoms with Crippen LogP contribution in [0.25, 0.3) is 0 Å². The van der Waals surface area contributed by atoms with E-state index < -0.39 is 16.1 Å². The lowest BCUT2D eigenvalue weighted by atomic mass is 10.4. The molecular formula is C26H44Si2. The van der Waals surface area contributed by atoms with Crippen molar-refractivity contribution in [2.75, 3.05) is 0 Å². The maximum Gasteiger partial charge on any atom is 0.109 e. The monoisotopic (exact) mass is 412 g/mol. The van der Waals surface area contributed by atoms with Crippen molar-refractivity contribution < 1.29 is 0 Å². The summed E-state index contributed by atoms with van der Waals surface area (Å²) in [6, 6.07) is 6.13. The first-order valence-electron chi connectivity index (χ1n) is 12.5. The summed E-state index contributed by atoms with van der Waals surface area (Å²) in [4.78, 5) is 0. The second-order valence-electron chi connectivity index (χ2n) is 9.70. The van der Waals surface area contributed by atoms with Crippen LogP contribution in [-0.4, -0.2) is 16.1 Å². The number of unbranched alkanes of at least 4 members (excludes halogenated alkanes) is 4. The van der Waals surface area contributed by atoms with Crippen molar-refractivity contribution in [3.05, 3.63) is 46.8 Å². The van der Waals surface area contributed by atoms with Crippen LogP contribution >= 0.6 is 0 Å². The first-order valence-corrected chi connectivity index (χ1v) is 17.5. The molecule has 156 valence electrons. The molecule has 0 aromatic carbocycles. The molecule has 2 heteroatoms. The zero-order valence-electron chi connectivity index (χ0n) is 19.1. The second-order valence-corrected chi connectivity index (χ2v) is 18.7. The van der Waals surface area contributed by atoms with Crippen molar-refractivity contribution in [1.29, 1.82) is 0 Å². The fraction of sp³-hybridized carbons (Fsp3) is 0.692. The standard InChI is InChI=1S/C26H44Si2/c1-5-9-19-27(20-10-6-2)23-15-13-17-25(23)28(21-11-7-3,22-12-8-4)26-18-14-16-24(26)27/h13-18,23-24H,5-12,19-22H2,1-4H3. The van der Waals surface area contributed by atoms with E-state index in [4.69, 9.17) is 0 Å². The summed E-state index contributed by atoms with van der Waals surface area (Å²) >= 11 is 0. The summed E-state index contributed by atoms with van der Waals surface area (Å²) in [5.74, 6) is 0. The van der Waals surface area contributed by atoms with Crippen molar-refractivity contribution in [3.8, 4) is 0 Å². The molecule has 1 aliphatic heterocycles. The quantitative estimate of drug-likeness (QED) is 0.281. The minimum Gasteiger partial charge on any atom is -0.0804 e. The fourth-order valence-electron chi connectivity index (χ4n) is 6.65. The highest BCUT2D eigenvalue weighted by Crippen LogP contribution is 2.63. The Hall–Kier alpha value is -0.606. The van der Waals surface area contributed by atoms with Crippen LogP contribution in [-0.2, 0) is 0 Å². The molecule has 1 saturated heterocycles. The third-order valence-corrected chi connectivity index (χ3v) is 20.3. The smallest absolute Gasteiger partial charge is 0.0804 e. The van der Waals surface area contributed by atoms with E-state index in [1.54, 1.807) is 12.1 Å². The van der Waals surface area contributed by atoms with Crippen molar-refractivity contribution in [2.24, 2.45) is 0 Å². The summed E-state index contributed by atoms with van der Waals surface area (Å²) in [5, 5.41) is 4.00. The predicted molar refractivity (Wildman–Crippen MR) is 132 cm³/mol. The number of hydrogen-bond donors (Lipinski definition) is 0. The Balaban J connectivity index is 2.07. The molecule has 2 aliphatic carbocycles. The van der Waals surface area contributed by atoms with Gasteiger partial charge in [-0.15, -0.1) is 0 Å². The lowest BCUT2D eigenvalue weighted by Crippen LogP contribution is -2.58. The molecule has 28 heavy (non-hydrogen) atoms. The van der Waals surface area contributed by atoms with Gasteiger partial charge in [0.15, 0.2) is 0 Å². The lowest BCUT2D eigenvalue weighted by Gasteiger charge is -2.55. The Morgan fingerprint density at radius 1 is 0.607 bits per heavy atom. The first-order chi connectivity index (χ1) is 13.7. The van der Waals surface area contributed by atoms with Gasteiger partial charge in [0.2, 0.25) is 0 Å². The summed E-state index contributed by atoms with van der Waals surface area (Å²) < 4.78 is 0. The van der Waals surface area contributed by atoms with E-state index >= 15 is 0 Å². The van der Waals surface area contributed by atoms with Gasteiger partial charge in [-0.3, -0.25) is 0 Å². The molecule has 3 rings (SSSR count). The van der Waals surface area contributed by atoms with Crippen molar-refractivity contribution in [1.82, 2.24) is 0 Å². The number of rotatable bonds is 12. The Kier molecular flexibility index (Phi) is 7.84. The van der Waals surface area contributed by atoms with E-state index in [1.165, 1.54) is 63.5 Å². The molecule has 0 bridgehead atoms. The molecule has 0 amide bonds. The van der Waals surface area contributed by atoms with E-state index in [0.717, 1.165) is 11.1 Å². The molecule has 0 N–H and O–H groups in total. The SMILES string of the molecule is CCCC[Si]1(CCCC)C2=CC=CC2[Si](CCCC)(CCCC)C2C=CC=C21. The Labute approximate surface area is 177 Å². The molecule has 0 aromatic rings. The maximum atomic E-state index is 2.70. The van der Waals surface area contributed by atoms with Gasteiger partial charge in [-0.2, -0.15) is 0 Å². The maximum absolute atomic E-state index is 2.70. The van der Waals surface area contributed by atoms with Crippen LogP contribution < -0.4 is 0 Å². The third kappa shape index (κ3) is 3.76.